The fraction of sp³-hybridized carbons (Fsp3) is 0.571. The first kappa shape index (κ1) is 20.4. The first-order chi connectivity index (χ1) is 12.8. The number of ether oxygens (including phenoxy) is 2. The van der Waals surface area contributed by atoms with Crippen molar-refractivity contribution in [3.05, 3.63) is 41.4 Å². The molecular weight excluding hydrogens is 380 g/mol. The lowest BCUT2D eigenvalue weighted by molar-refractivity contribution is -0.0770. The van der Waals surface area contributed by atoms with E-state index < -0.39 is 0 Å². The lowest BCUT2D eigenvalue weighted by Gasteiger charge is -2.32. The zero-order valence-electron chi connectivity index (χ0n) is 16.3. The Hall–Kier alpha value is -1.30. The lowest BCUT2D eigenvalue weighted by atomic mass is 9.75. The molecule has 2 N–H and O–H groups in total. The molecule has 148 valence electrons. The van der Waals surface area contributed by atoms with E-state index in [0.29, 0.717) is 29.1 Å². The third-order valence-electron chi connectivity index (χ3n) is 5.92. The van der Waals surface area contributed by atoms with Crippen molar-refractivity contribution in [2.24, 2.45) is 5.92 Å². The van der Waals surface area contributed by atoms with Crippen LogP contribution in [0.4, 0.5) is 0 Å². The molecule has 0 spiro atoms. The molecule has 2 fully saturated rings. The predicted octanol–water partition coefficient (Wildman–Crippen LogP) is 4.61. The van der Waals surface area contributed by atoms with Crippen LogP contribution in [0.25, 0.3) is 0 Å². The summed E-state index contributed by atoms with van der Waals surface area (Å²) in [6, 6.07) is 5.77. The second-order valence-electron chi connectivity index (χ2n) is 8.01. The monoisotopic (exact) mass is 408 g/mol. The van der Waals surface area contributed by atoms with Crippen LogP contribution < -0.4 is 15.4 Å². The van der Waals surface area contributed by atoms with Crippen molar-refractivity contribution >= 4 is 28.9 Å². The van der Waals surface area contributed by atoms with E-state index in [1.807, 2.05) is 18.2 Å². The second-order valence-corrected chi connectivity index (χ2v) is 8.83. The number of halogens is 1. The molecular formula is C21H29ClN2O2S. The molecule has 0 saturated carbocycles. The van der Waals surface area contributed by atoms with Crippen LogP contribution in [0.3, 0.4) is 0 Å². The molecule has 0 amide bonds. The van der Waals surface area contributed by atoms with E-state index in [2.05, 4.69) is 38.0 Å². The average Bonchev–Trinajstić information content (AvgIpc) is 3.12. The largest absolute Gasteiger partial charge is 0.487 e. The van der Waals surface area contributed by atoms with E-state index in [1.165, 1.54) is 0 Å². The van der Waals surface area contributed by atoms with Crippen molar-refractivity contribution in [1.29, 1.82) is 0 Å². The summed E-state index contributed by atoms with van der Waals surface area (Å²) in [7, 11) is 0. The standard InChI is InChI=1S/C21H29ClN2O2S/c1-5-11-23-19(27)24-13-15-16(22)7-6-8-17(15)25-18-12-21(14(2)3)10-9-20(18,4)26-21/h5-8,14,18H,1,9-13H2,2-4H3,(H2,23,24,27)/t18-,20+,21-/m0/s1. The SMILES string of the molecule is C=CCNC(=S)NCc1c(Cl)cccc1O[C@H]1C[C@]2(C(C)C)CC[C@@]1(C)O2. The average molecular weight is 409 g/mol. The van der Waals surface area contributed by atoms with Gasteiger partial charge in [-0.05, 0) is 50.0 Å². The quantitative estimate of drug-likeness (QED) is 0.509. The molecule has 6 heteroatoms. The van der Waals surface area contributed by atoms with Crippen LogP contribution in [-0.2, 0) is 11.3 Å². The Morgan fingerprint density at radius 1 is 1.44 bits per heavy atom. The van der Waals surface area contributed by atoms with Gasteiger partial charge >= 0.3 is 0 Å². The summed E-state index contributed by atoms with van der Waals surface area (Å²) in [5, 5.41) is 7.47. The Kier molecular flexibility index (Phi) is 6.04. The minimum Gasteiger partial charge on any atom is -0.487 e. The Balaban J connectivity index is 1.73. The highest BCUT2D eigenvalue weighted by atomic mass is 35.5. The van der Waals surface area contributed by atoms with Crippen LogP contribution in [0.5, 0.6) is 5.75 Å². The molecule has 3 atom stereocenters. The summed E-state index contributed by atoms with van der Waals surface area (Å²) in [6.45, 7) is 11.4. The molecule has 0 radical (unpaired) electrons. The number of benzene rings is 1. The summed E-state index contributed by atoms with van der Waals surface area (Å²) < 4.78 is 13.0. The number of hydrogen-bond donors (Lipinski definition) is 2. The van der Waals surface area contributed by atoms with Gasteiger partial charge in [0.25, 0.3) is 0 Å². The summed E-state index contributed by atoms with van der Waals surface area (Å²) in [5.41, 5.74) is 0.608. The van der Waals surface area contributed by atoms with Crippen molar-refractivity contribution in [1.82, 2.24) is 10.6 Å². The highest BCUT2D eigenvalue weighted by Gasteiger charge is 2.61. The van der Waals surface area contributed by atoms with Crippen molar-refractivity contribution in [3.8, 4) is 5.75 Å². The van der Waals surface area contributed by atoms with Gasteiger partial charge in [-0.2, -0.15) is 0 Å². The van der Waals surface area contributed by atoms with Crippen molar-refractivity contribution in [3.63, 3.8) is 0 Å². The van der Waals surface area contributed by atoms with Gasteiger partial charge in [-0.3, -0.25) is 0 Å². The van der Waals surface area contributed by atoms with Gasteiger partial charge in [0.05, 0.1) is 5.60 Å². The number of nitrogens with one attached hydrogen (secondary N) is 2. The van der Waals surface area contributed by atoms with Gasteiger partial charge in [-0.15, -0.1) is 6.58 Å². The summed E-state index contributed by atoms with van der Waals surface area (Å²) >= 11 is 11.7. The minimum absolute atomic E-state index is 0.0247. The van der Waals surface area contributed by atoms with Gasteiger partial charge in [-0.1, -0.05) is 37.6 Å². The molecule has 0 unspecified atom stereocenters. The summed E-state index contributed by atoms with van der Waals surface area (Å²) in [6.07, 6.45) is 4.84. The summed E-state index contributed by atoms with van der Waals surface area (Å²) in [5.74, 6) is 1.27. The van der Waals surface area contributed by atoms with Crippen LogP contribution in [-0.4, -0.2) is 29.0 Å². The second kappa shape index (κ2) is 7.98. The van der Waals surface area contributed by atoms with Crippen LogP contribution >= 0.6 is 23.8 Å². The number of hydrogen-bond acceptors (Lipinski definition) is 3. The van der Waals surface area contributed by atoms with Gasteiger partial charge in [0.1, 0.15) is 17.5 Å². The first-order valence-corrected chi connectivity index (χ1v) is 10.3. The van der Waals surface area contributed by atoms with Gasteiger partial charge in [-0.25, -0.2) is 0 Å². The Morgan fingerprint density at radius 2 is 2.22 bits per heavy atom. The van der Waals surface area contributed by atoms with Gasteiger partial charge in [0.2, 0.25) is 0 Å². The molecule has 2 heterocycles. The van der Waals surface area contributed by atoms with Gasteiger partial charge in [0, 0.05) is 30.1 Å². The number of thiocarbonyl (C=S) groups is 1. The van der Waals surface area contributed by atoms with Crippen LogP contribution in [0.15, 0.2) is 30.9 Å². The molecule has 2 bridgehead atoms. The van der Waals surface area contributed by atoms with Crippen molar-refractivity contribution in [2.45, 2.75) is 63.9 Å². The molecule has 2 saturated heterocycles. The smallest absolute Gasteiger partial charge is 0.166 e. The molecule has 2 aliphatic heterocycles. The van der Waals surface area contributed by atoms with Crippen LogP contribution in [0.2, 0.25) is 5.02 Å². The molecule has 27 heavy (non-hydrogen) atoms. The molecule has 4 nitrogen and oxygen atoms in total. The number of rotatable bonds is 7. The number of fused-ring (bicyclic) bond motifs is 2. The normalized spacial score (nSPS) is 29.0. The minimum atomic E-state index is -0.238. The fourth-order valence-corrected chi connectivity index (χ4v) is 4.49. The van der Waals surface area contributed by atoms with E-state index >= 15 is 0 Å². The first-order valence-electron chi connectivity index (χ1n) is 9.56. The topological polar surface area (TPSA) is 42.5 Å². The van der Waals surface area contributed by atoms with E-state index in [4.69, 9.17) is 33.3 Å². The zero-order chi connectivity index (χ0) is 19.7. The maximum atomic E-state index is 6.49. The fourth-order valence-electron chi connectivity index (χ4n) is 4.11. The van der Waals surface area contributed by atoms with Crippen molar-refractivity contribution < 1.29 is 9.47 Å². The van der Waals surface area contributed by atoms with Crippen LogP contribution in [0.1, 0.15) is 45.6 Å². The van der Waals surface area contributed by atoms with E-state index in [1.54, 1.807) is 6.08 Å². The summed E-state index contributed by atoms with van der Waals surface area (Å²) in [4.78, 5) is 0. The maximum absolute atomic E-state index is 6.49. The van der Waals surface area contributed by atoms with Gasteiger partial charge < -0.3 is 20.1 Å². The Labute approximate surface area is 172 Å². The molecule has 0 aliphatic carbocycles. The lowest BCUT2D eigenvalue weighted by Crippen LogP contribution is -2.41. The Bertz CT molecular complexity index is 726. The molecule has 1 aromatic rings. The van der Waals surface area contributed by atoms with E-state index in [9.17, 15) is 0 Å². The maximum Gasteiger partial charge on any atom is 0.166 e. The highest BCUT2D eigenvalue weighted by molar-refractivity contribution is 7.80. The molecule has 3 rings (SSSR count). The highest BCUT2D eigenvalue weighted by Crippen LogP contribution is 2.55. The van der Waals surface area contributed by atoms with E-state index in [-0.39, 0.29) is 17.3 Å². The third kappa shape index (κ3) is 4.10. The van der Waals surface area contributed by atoms with Gasteiger partial charge in [0.15, 0.2) is 5.11 Å². The Morgan fingerprint density at radius 3 is 2.89 bits per heavy atom. The molecule has 0 aromatic heterocycles. The van der Waals surface area contributed by atoms with Crippen LogP contribution in [0, 0.1) is 5.92 Å². The predicted molar refractivity (Wildman–Crippen MR) is 114 cm³/mol. The van der Waals surface area contributed by atoms with Crippen molar-refractivity contribution in [2.75, 3.05) is 6.54 Å². The van der Waals surface area contributed by atoms with E-state index in [0.717, 1.165) is 30.6 Å². The molecule has 2 aliphatic rings. The zero-order valence-corrected chi connectivity index (χ0v) is 17.9. The molecule has 1 aromatic carbocycles. The third-order valence-corrected chi connectivity index (χ3v) is 6.57.